The van der Waals surface area contributed by atoms with Gasteiger partial charge in [-0.2, -0.15) is 0 Å². The molecular weight excluding hydrogens is 617 g/mol. The highest BCUT2D eigenvalue weighted by molar-refractivity contribution is 5.97. The van der Waals surface area contributed by atoms with Crippen LogP contribution in [-0.4, -0.2) is 49.4 Å². The van der Waals surface area contributed by atoms with Crippen LogP contribution in [0.1, 0.15) is 114 Å². The number of carboxylic acids is 1. The van der Waals surface area contributed by atoms with E-state index in [1.54, 1.807) is 13.0 Å². The van der Waals surface area contributed by atoms with Crippen LogP contribution in [0.15, 0.2) is 72.9 Å². The maximum Gasteiger partial charge on any atom is 0.305 e. The van der Waals surface area contributed by atoms with Gasteiger partial charge in [-0.15, -0.1) is 6.58 Å². The summed E-state index contributed by atoms with van der Waals surface area (Å²) >= 11 is 0. The fourth-order valence-corrected chi connectivity index (χ4v) is 5.64. The molecule has 2 N–H and O–H groups in total. The van der Waals surface area contributed by atoms with Crippen molar-refractivity contribution in [2.24, 2.45) is 11.8 Å². The number of allylic oxidation sites excluding steroid dienone is 6. The number of hydrogen-bond acceptors (Lipinski definition) is 4. The second-order valence-electron chi connectivity index (χ2n) is 14.2. The molecule has 0 saturated heterocycles. The van der Waals surface area contributed by atoms with Crippen molar-refractivity contribution in [2.75, 3.05) is 27.7 Å². The number of carboxylic acid groups (broad SMARTS) is 1. The van der Waals surface area contributed by atoms with Gasteiger partial charge in [0.15, 0.2) is 5.78 Å². The lowest BCUT2D eigenvalue weighted by molar-refractivity contribution is -0.137. The molecule has 2 aromatic rings. The summed E-state index contributed by atoms with van der Waals surface area (Å²) in [6.45, 7) is 33.4. The molecule has 0 radical (unpaired) electrons. The highest BCUT2D eigenvalue weighted by Gasteiger charge is 2.19. The van der Waals surface area contributed by atoms with Crippen LogP contribution in [-0.2, 0) is 9.59 Å². The first-order valence-electron chi connectivity index (χ1n) is 18.1. The van der Waals surface area contributed by atoms with Crippen LogP contribution < -0.4 is 5.32 Å². The average Bonchev–Trinajstić information content (AvgIpc) is 3.00. The molecule has 0 aromatic heterocycles. The SMILES string of the molecule is C=C(C)/C(=C\C=C/C)C(C)=O.C=C[C@@H](C)CC(C)C.CCCCN(C)C.CNC(CC(=O)O)c1cc(-c2c(C)cc(C)cc2C)cc(C)c1C. The highest BCUT2D eigenvalue weighted by atomic mass is 16.4. The first-order valence-corrected chi connectivity index (χ1v) is 18.1. The molecule has 1 unspecified atom stereocenters. The van der Waals surface area contributed by atoms with Crippen molar-refractivity contribution in [2.45, 2.75) is 115 Å². The van der Waals surface area contributed by atoms with Gasteiger partial charge in [0, 0.05) is 11.6 Å². The van der Waals surface area contributed by atoms with Crippen LogP contribution in [0.5, 0.6) is 0 Å². The van der Waals surface area contributed by atoms with Gasteiger partial charge in [-0.05, 0) is 158 Å². The summed E-state index contributed by atoms with van der Waals surface area (Å²) in [5, 5.41) is 12.4. The Hall–Kier alpha value is -3.54. The number of Topliss-reactive ketones (excluding diaryl/α,β-unsaturated/α-hetero) is 1. The lowest BCUT2D eigenvalue weighted by atomic mass is 9.87. The van der Waals surface area contributed by atoms with Crippen LogP contribution in [0.3, 0.4) is 0 Å². The zero-order chi connectivity index (χ0) is 39.1. The van der Waals surface area contributed by atoms with Crippen molar-refractivity contribution < 1.29 is 14.7 Å². The van der Waals surface area contributed by atoms with Crippen LogP contribution in [0.2, 0.25) is 0 Å². The van der Waals surface area contributed by atoms with Gasteiger partial charge in [0.2, 0.25) is 0 Å². The van der Waals surface area contributed by atoms with Crippen molar-refractivity contribution in [3.05, 3.63) is 106 Å². The second kappa shape index (κ2) is 26.3. The summed E-state index contributed by atoms with van der Waals surface area (Å²) in [5.41, 5.74) is 11.1. The maximum absolute atomic E-state index is 11.2. The summed E-state index contributed by atoms with van der Waals surface area (Å²) in [4.78, 5) is 24.3. The summed E-state index contributed by atoms with van der Waals surface area (Å²) in [6.07, 6.45) is 11.5. The number of nitrogens with zero attached hydrogens (tertiary/aromatic N) is 1. The van der Waals surface area contributed by atoms with Gasteiger partial charge in [-0.3, -0.25) is 9.59 Å². The van der Waals surface area contributed by atoms with E-state index in [0.29, 0.717) is 11.5 Å². The first-order chi connectivity index (χ1) is 23.3. The van der Waals surface area contributed by atoms with Gasteiger partial charge in [0.25, 0.3) is 0 Å². The van der Waals surface area contributed by atoms with E-state index in [0.717, 1.165) is 28.2 Å². The molecule has 0 amide bonds. The van der Waals surface area contributed by atoms with Crippen LogP contribution >= 0.6 is 0 Å². The molecular formula is C45H72N2O3. The number of rotatable bonds is 14. The van der Waals surface area contributed by atoms with Gasteiger partial charge >= 0.3 is 5.97 Å². The lowest BCUT2D eigenvalue weighted by Crippen LogP contribution is -2.21. The van der Waals surface area contributed by atoms with Gasteiger partial charge < -0.3 is 15.3 Å². The maximum atomic E-state index is 11.2. The summed E-state index contributed by atoms with van der Waals surface area (Å²) in [6, 6.07) is 8.56. The number of carbonyl (C=O) groups excluding carboxylic acids is 1. The lowest BCUT2D eigenvalue weighted by Gasteiger charge is -2.21. The number of ketones is 1. The number of unbranched alkanes of at least 4 members (excludes halogenated alkanes) is 1. The van der Waals surface area contributed by atoms with Crippen LogP contribution in [0, 0.1) is 46.5 Å². The molecule has 2 aromatic carbocycles. The molecule has 2 rings (SSSR count). The third kappa shape index (κ3) is 20.2. The summed E-state index contributed by atoms with van der Waals surface area (Å²) in [7, 11) is 6.03. The first kappa shape index (κ1) is 48.6. The topological polar surface area (TPSA) is 69.6 Å². The zero-order valence-corrected chi connectivity index (χ0v) is 34.5. The Morgan fingerprint density at radius 2 is 1.52 bits per heavy atom. The number of aliphatic carboxylic acids is 1. The van der Waals surface area contributed by atoms with E-state index in [1.807, 2.05) is 39.1 Å². The number of benzene rings is 2. The molecule has 0 bridgehead atoms. The number of nitrogens with one attached hydrogen (secondary N) is 1. The minimum Gasteiger partial charge on any atom is -0.481 e. The largest absolute Gasteiger partial charge is 0.481 e. The van der Waals surface area contributed by atoms with E-state index < -0.39 is 5.97 Å². The molecule has 0 fully saturated rings. The molecule has 5 heteroatoms. The third-order valence-corrected chi connectivity index (χ3v) is 8.27. The van der Waals surface area contributed by atoms with Crippen LogP contribution in [0.25, 0.3) is 11.1 Å². The number of carbonyl (C=O) groups is 2. The normalized spacial score (nSPS) is 12.2. The van der Waals surface area contributed by atoms with E-state index in [4.69, 9.17) is 0 Å². The van der Waals surface area contributed by atoms with Crippen LogP contribution in [0.4, 0.5) is 0 Å². The zero-order valence-electron chi connectivity index (χ0n) is 34.5. The highest BCUT2D eigenvalue weighted by Crippen LogP contribution is 2.34. The Balaban J connectivity index is 0. The smallest absolute Gasteiger partial charge is 0.305 e. The molecule has 0 aliphatic carbocycles. The molecule has 0 spiro atoms. The molecule has 5 nitrogen and oxygen atoms in total. The molecule has 0 heterocycles. The fourth-order valence-electron chi connectivity index (χ4n) is 5.64. The predicted molar refractivity (Wildman–Crippen MR) is 220 cm³/mol. The molecule has 50 heavy (non-hydrogen) atoms. The van der Waals surface area contributed by atoms with E-state index >= 15 is 0 Å². The Kier molecular flexibility index (Phi) is 25.5. The summed E-state index contributed by atoms with van der Waals surface area (Å²) in [5.74, 6) is 0.771. The minimum absolute atomic E-state index is 0.0654. The van der Waals surface area contributed by atoms with Crippen molar-refractivity contribution >= 4 is 11.8 Å². The predicted octanol–water partition coefficient (Wildman–Crippen LogP) is 11.5. The Labute approximate surface area is 307 Å². The van der Waals surface area contributed by atoms with Crippen molar-refractivity contribution in [1.29, 1.82) is 0 Å². The standard InChI is InChI=1S/C21H27NO2.C10H14O.C8H16.C6H15N/c1-12-7-14(3)21(15(4)8-12)17-9-13(2)16(5)18(10-17)19(22-6)11-20(23)24;1-5-6-7-10(8(2)3)9(4)11;1-5-8(4)6-7(2)3;1-4-5-6-7(2)3/h7-10,19,22H,11H2,1-6H3,(H,23,24);5-7H,2H2,1,3-4H3;5,7-8H,1,6H2,2-4H3;4-6H2,1-3H3/b;6-5-,10-7+;;/t;;8-;/m..1./s1. The monoisotopic (exact) mass is 689 g/mol. The fraction of sp³-hybridized carbons (Fsp3) is 0.511. The molecule has 2 atom stereocenters. The minimum atomic E-state index is -0.792. The molecule has 0 saturated carbocycles. The molecule has 0 aliphatic rings. The van der Waals surface area contributed by atoms with Gasteiger partial charge in [0.05, 0.1) is 6.42 Å². The van der Waals surface area contributed by atoms with Gasteiger partial charge in [-0.1, -0.05) is 88.8 Å². The van der Waals surface area contributed by atoms with Gasteiger partial charge in [-0.25, -0.2) is 0 Å². The Morgan fingerprint density at radius 3 is 1.86 bits per heavy atom. The number of hydrogen-bond donors (Lipinski definition) is 2. The van der Waals surface area contributed by atoms with E-state index in [1.165, 1.54) is 53.6 Å². The quantitative estimate of drug-likeness (QED) is 0.117. The Bertz CT molecular complexity index is 1370. The van der Waals surface area contributed by atoms with Crippen molar-refractivity contribution in [3.63, 3.8) is 0 Å². The summed E-state index contributed by atoms with van der Waals surface area (Å²) < 4.78 is 0. The van der Waals surface area contributed by atoms with E-state index in [-0.39, 0.29) is 18.2 Å². The van der Waals surface area contributed by atoms with Crippen molar-refractivity contribution in [3.8, 4) is 11.1 Å². The molecule has 280 valence electrons. The van der Waals surface area contributed by atoms with E-state index in [9.17, 15) is 14.7 Å². The number of aryl methyl sites for hydroxylation is 4. The average molecular weight is 689 g/mol. The van der Waals surface area contributed by atoms with Crippen molar-refractivity contribution in [1.82, 2.24) is 10.2 Å². The third-order valence-electron chi connectivity index (χ3n) is 8.27. The van der Waals surface area contributed by atoms with E-state index in [2.05, 4.69) is 124 Å². The van der Waals surface area contributed by atoms with Gasteiger partial charge in [0.1, 0.15) is 0 Å². The second-order valence-corrected chi connectivity index (χ2v) is 14.2. The molecule has 0 aliphatic heterocycles. The Morgan fingerprint density at radius 1 is 0.960 bits per heavy atom.